The first kappa shape index (κ1) is 71.8. The molecule has 0 aliphatic carbocycles. The Labute approximate surface area is 537 Å². The van der Waals surface area contributed by atoms with E-state index in [9.17, 15) is 82.6 Å². The van der Waals surface area contributed by atoms with E-state index in [0.717, 1.165) is 22.7 Å². The van der Waals surface area contributed by atoms with Crippen molar-refractivity contribution in [2.45, 2.75) is 53.2 Å². The molecule has 484 valence electrons. The molecule has 6 aromatic rings. The highest BCUT2D eigenvalue weighted by Crippen LogP contribution is 2.40. The van der Waals surface area contributed by atoms with Crippen LogP contribution >= 0.6 is 28.5 Å². The van der Waals surface area contributed by atoms with Crippen LogP contribution in [0.15, 0.2) is 178 Å². The number of nitrogens with one attached hydrogen (secondary N) is 3. The van der Waals surface area contributed by atoms with Gasteiger partial charge in [-0.1, -0.05) is 54.6 Å². The second kappa shape index (κ2) is 32.1. The number of hydrogen-bond donors (Lipinski definition) is 5. The number of pyridine rings is 3. The Morgan fingerprint density at radius 3 is 1.11 bits per heavy atom. The molecule has 0 radical (unpaired) electrons. The first-order valence-electron chi connectivity index (χ1n) is 26.4. The van der Waals surface area contributed by atoms with Crippen molar-refractivity contribution in [3.63, 3.8) is 0 Å². The average molecular weight is 1390 g/mol. The number of likely N-dealkylation sites (N-methyl/N-ethyl adjacent to an activating group) is 3. The zero-order valence-electron chi connectivity index (χ0n) is 48.4. The summed E-state index contributed by atoms with van der Waals surface area (Å²) < 4.78 is 110. The van der Waals surface area contributed by atoms with Crippen LogP contribution in [-0.2, 0) is 91.8 Å². The van der Waals surface area contributed by atoms with E-state index in [4.69, 9.17) is 26.2 Å². The molecule has 3 aromatic heterocycles. The molecule has 3 amide bonds. The number of aromatic nitrogens is 3. The Kier molecular flexibility index (Phi) is 24.8. The van der Waals surface area contributed by atoms with Gasteiger partial charge in [-0.05, 0) is 84.4 Å². The number of aliphatic hydroxyl groups excluding tert-OH is 1. The van der Waals surface area contributed by atoms with Crippen LogP contribution in [0.5, 0.6) is 0 Å². The molecule has 3 aromatic carbocycles. The summed E-state index contributed by atoms with van der Waals surface area (Å²) in [4.78, 5) is 116. The standard InChI is InChI=1S/C19H16N3O7PS.C19H17N3O7S.C15H13N3O4S.C4H4ClO3P/c1-22-17(19(25)21-14-8-4-5-11-20-14)18(29-15(23)9-10-16(24)30-26)12-6-2-3-7-13(12)31(22,27)28;1-22-17(19(26)21-14-8-4-5-11-20-14)18(29-16(25)10-9-15(23)24)12-6-2-3-7-13(12)30(22,27)28;1-18-13(15(20)17-12-8-4-5-9-16-12)14(19)10-6-2-3-7-11(10)23(18,21)22;5-3(6)1-2-4(7)9-8/h2-8,11H,9-10H2,1H3,(H,20,21,25);2-8,11H,9-10H2,1H3,(H,23,24)(H,20,21,26);2-9,19H,1H3,(H,16,17,20);1-2H2. The topological polar surface area (TPSA) is 434 Å². The van der Waals surface area contributed by atoms with Crippen molar-refractivity contribution in [1.82, 2.24) is 27.9 Å². The van der Waals surface area contributed by atoms with Crippen LogP contribution in [0.1, 0.15) is 55.2 Å². The number of ether oxygens (including phenoxy) is 2. The summed E-state index contributed by atoms with van der Waals surface area (Å²) in [5, 5.41) is 26.0. The van der Waals surface area contributed by atoms with Crippen molar-refractivity contribution < 1.29 is 97.2 Å². The number of halogens is 1. The van der Waals surface area contributed by atoms with E-state index in [1.807, 2.05) is 0 Å². The fraction of sp³-hybridized carbons (Fsp3) is 0.158. The molecule has 0 unspecified atom stereocenters. The number of benzene rings is 3. The number of esters is 2. The minimum absolute atomic E-state index is 0.0189. The molecule has 9 rings (SSSR count). The molecule has 36 heteroatoms. The lowest BCUT2D eigenvalue weighted by Crippen LogP contribution is -2.38. The second-order valence-corrected chi connectivity index (χ2v) is 26.2. The molecular weight excluding hydrogens is 1340 g/mol. The highest BCUT2D eigenvalue weighted by molar-refractivity contribution is 7.90. The summed E-state index contributed by atoms with van der Waals surface area (Å²) in [6.07, 6.45) is 2.64. The molecular formula is C57H50ClN9O21P2S3. The number of amides is 3. The molecule has 0 spiro atoms. The number of rotatable bonds is 19. The molecule has 0 bridgehead atoms. The van der Waals surface area contributed by atoms with E-state index in [1.165, 1.54) is 98.4 Å². The predicted octanol–water partition coefficient (Wildman–Crippen LogP) is 6.53. The molecule has 0 saturated carbocycles. The highest BCUT2D eigenvalue weighted by atomic mass is 35.5. The Morgan fingerprint density at radius 1 is 0.452 bits per heavy atom. The number of nitrogens with zero attached hydrogens (tertiary/aromatic N) is 6. The maximum Gasteiger partial charge on any atom is 0.311 e. The van der Waals surface area contributed by atoms with E-state index in [1.54, 1.807) is 54.6 Å². The third kappa shape index (κ3) is 18.0. The van der Waals surface area contributed by atoms with Gasteiger partial charge in [-0.3, -0.25) is 65.2 Å². The van der Waals surface area contributed by atoms with Crippen molar-refractivity contribution in [1.29, 1.82) is 0 Å². The zero-order valence-corrected chi connectivity index (χ0v) is 53.4. The first-order valence-corrected chi connectivity index (χ1v) is 32.8. The normalized spacial score (nSPS) is 14.5. The zero-order chi connectivity index (χ0) is 68.4. The van der Waals surface area contributed by atoms with Crippen molar-refractivity contribution in [3.8, 4) is 0 Å². The van der Waals surface area contributed by atoms with Crippen molar-refractivity contribution >= 4 is 145 Å². The number of anilines is 3. The molecule has 3 aliphatic rings. The fourth-order valence-corrected chi connectivity index (χ4v) is 12.8. The molecule has 6 heterocycles. The fourth-order valence-electron chi connectivity index (χ4n) is 8.10. The van der Waals surface area contributed by atoms with E-state index in [-0.39, 0.29) is 85.3 Å². The predicted molar refractivity (Wildman–Crippen MR) is 330 cm³/mol. The van der Waals surface area contributed by atoms with E-state index >= 15 is 0 Å². The van der Waals surface area contributed by atoms with Gasteiger partial charge in [-0.25, -0.2) is 40.2 Å². The Balaban J connectivity index is 0.000000209. The van der Waals surface area contributed by atoms with Gasteiger partial charge in [0, 0.05) is 75.7 Å². The number of aliphatic carboxylic acids is 1. The number of hydrogen-bond acceptors (Lipinski definition) is 23. The van der Waals surface area contributed by atoms with Gasteiger partial charge < -0.3 is 35.6 Å². The average Bonchev–Trinajstić information content (AvgIpc) is 0.760. The Morgan fingerprint density at radius 2 is 0.763 bits per heavy atom. The molecule has 30 nitrogen and oxygen atoms in total. The van der Waals surface area contributed by atoms with Gasteiger partial charge in [0.2, 0.25) is 33.2 Å². The van der Waals surface area contributed by atoms with Crippen molar-refractivity contribution in [3.05, 3.63) is 180 Å². The SMILES string of the molecule is CN1C(C(=O)Nc2ccccn2)=C(O)c2ccccc2S1(=O)=O.CN1C(C(=O)Nc2ccccn2)=C(OC(=O)CCC(=O)O)c2ccccc2S1(=O)=O.CN1C(C(=O)Nc2ccccn2)=C(OC(=O)CCC(=O)P=O)c2ccccc2S1(=O)=O.O=PC(=O)CCC(=O)Cl. The molecule has 0 atom stereocenters. The number of carboxylic acid groups (broad SMARTS) is 1. The number of sulfonamides is 3. The van der Waals surface area contributed by atoms with E-state index in [2.05, 4.69) is 30.9 Å². The molecule has 0 fully saturated rings. The van der Waals surface area contributed by atoms with Crippen LogP contribution in [0.25, 0.3) is 17.3 Å². The quantitative estimate of drug-likeness (QED) is 0.0327. The lowest BCUT2D eigenvalue weighted by Gasteiger charge is -2.30. The van der Waals surface area contributed by atoms with Crippen LogP contribution in [0, 0.1) is 0 Å². The smallest absolute Gasteiger partial charge is 0.311 e. The summed E-state index contributed by atoms with van der Waals surface area (Å²) in [5.74, 6) is -5.88. The summed E-state index contributed by atoms with van der Waals surface area (Å²) >= 11 is 4.88. The molecule has 93 heavy (non-hydrogen) atoms. The van der Waals surface area contributed by atoms with E-state index < -0.39 is 135 Å². The van der Waals surface area contributed by atoms with Crippen LogP contribution in [0.3, 0.4) is 0 Å². The lowest BCUT2D eigenvalue weighted by molar-refractivity contribution is -0.143. The highest BCUT2D eigenvalue weighted by Gasteiger charge is 2.42. The molecule has 3 aliphatic heterocycles. The number of carboxylic acids is 1. The van der Waals surface area contributed by atoms with Crippen molar-refractivity contribution in [2.24, 2.45) is 0 Å². The van der Waals surface area contributed by atoms with Crippen LogP contribution in [-0.4, -0.2) is 136 Å². The summed E-state index contributed by atoms with van der Waals surface area (Å²) in [6.45, 7) is 0. The minimum atomic E-state index is -4.10. The maximum atomic E-state index is 13.0. The monoisotopic (exact) mass is 1390 g/mol. The third-order valence-corrected chi connectivity index (χ3v) is 19.0. The molecule has 0 saturated heterocycles. The first-order chi connectivity index (χ1) is 44.1. The largest absolute Gasteiger partial charge is 0.505 e. The summed E-state index contributed by atoms with van der Waals surface area (Å²) in [6, 6.07) is 31.9. The third-order valence-electron chi connectivity index (χ3n) is 12.5. The second-order valence-electron chi connectivity index (χ2n) is 18.6. The number of carbonyl (C=O) groups excluding carboxylic acids is 8. The van der Waals surface area contributed by atoms with Crippen LogP contribution < -0.4 is 16.0 Å². The number of fused-ring (bicyclic) bond motifs is 3. The molecule has 5 N–H and O–H groups in total. The van der Waals surface area contributed by atoms with Crippen LogP contribution in [0.2, 0.25) is 0 Å². The maximum absolute atomic E-state index is 13.0. The Bertz CT molecular complexity index is 4410. The van der Waals surface area contributed by atoms with Gasteiger partial charge in [0.15, 0.2) is 34.4 Å². The van der Waals surface area contributed by atoms with Gasteiger partial charge in [0.1, 0.15) is 17.5 Å². The van der Waals surface area contributed by atoms with Crippen molar-refractivity contribution in [2.75, 3.05) is 37.1 Å². The van der Waals surface area contributed by atoms with Crippen LogP contribution in [0.4, 0.5) is 17.5 Å². The van der Waals surface area contributed by atoms with Gasteiger partial charge in [-0.2, -0.15) is 0 Å². The number of carbonyl (C=O) groups is 9. The minimum Gasteiger partial charge on any atom is -0.505 e. The summed E-state index contributed by atoms with van der Waals surface area (Å²) in [5.41, 5.74) is -2.26. The van der Waals surface area contributed by atoms with Gasteiger partial charge in [0.05, 0.1) is 33.9 Å². The Hall–Kier alpha value is -10.3. The van der Waals surface area contributed by atoms with Gasteiger partial charge in [-0.15, -0.1) is 0 Å². The van der Waals surface area contributed by atoms with Gasteiger partial charge in [0.25, 0.3) is 47.8 Å². The van der Waals surface area contributed by atoms with E-state index in [0.29, 0.717) is 4.31 Å². The summed E-state index contributed by atoms with van der Waals surface area (Å²) in [7, 11) is -9.84. The number of aliphatic hydroxyl groups is 1. The van der Waals surface area contributed by atoms with Gasteiger partial charge >= 0.3 is 17.9 Å². The lowest BCUT2D eigenvalue weighted by atomic mass is 10.1.